The molecule has 1 aliphatic rings. The molecular weight excluding hydrogens is 397 g/mol. The molecule has 2 aromatic carbocycles. The van der Waals surface area contributed by atoms with Crippen molar-refractivity contribution in [2.24, 2.45) is 0 Å². The van der Waals surface area contributed by atoms with Gasteiger partial charge in [0.25, 0.3) is 11.1 Å². The van der Waals surface area contributed by atoms with Crippen LogP contribution in [0.4, 0.5) is 4.79 Å². The molecule has 1 aliphatic heterocycles. The summed E-state index contributed by atoms with van der Waals surface area (Å²) >= 11 is 12.7. The zero-order chi connectivity index (χ0) is 18.8. The quantitative estimate of drug-likeness (QED) is 0.723. The molecule has 2 amide bonds. The van der Waals surface area contributed by atoms with Gasteiger partial charge >= 0.3 is 0 Å². The normalized spacial score (nSPS) is 15.8. The van der Waals surface area contributed by atoms with E-state index in [0.717, 1.165) is 22.2 Å². The number of amides is 2. The molecule has 1 saturated heterocycles. The topological polar surface area (TPSA) is 66.8 Å². The average Bonchev–Trinajstić information content (AvgIpc) is 2.85. The summed E-state index contributed by atoms with van der Waals surface area (Å²) in [5.41, 5.74) is 1.30. The SMILES string of the molecule is COc1cc(/C=C2\SC(=O)N(Cc3cccc(Cl)c3)C2=O)cc(Cl)c1O. The number of rotatable bonds is 4. The predicted molar refractivity (Wildman–Crippen MR) is 103 cm³/mol. The first-order valence-corrected chi connectivity index (χ1v) is 9.02. The summed E-state index contributed by atoms with van der Waals surface area (Å²) in [6.45, 7) is 0.141. The van der Waals surface area contributed by atoms with E-state index in [2.05, 4.69) is 0 Å². The molecule has 2 aromatic rings. The molecule has 0 aromatic heterocycles. The maximum Gasteiger partial charge on any atom is 0.293 e. The van der Waals surface area contributed by atoms with Crippen molar-refractivity contribution in [3.05, 3.63) is 62.5 Å². The van der Waals surface area contributed by atoms with Gasteiger partial charge in [0.15, 0.2) is 11.5 Å². The van der Waals surface area contributed by atoms with Crippen molar-refractivity contribution in [1.82, 2.24) is 4.90 Å². The Morgan fingerprint density at radius 3 is 2.69 bits per heavy atom. The van der Waals surface area contributed by atoms with Gasteiger partial charge in [0, 0.05) is 5.02 Å². The van der Waals surface area contributed by atoms with E-state index in [4.69, 9.17) is 27.9 Å². The number of hydrogen-bond donors (Lipinski definition) is 1. The number of imide groups is 1. The lowest BCUT2D eigenvalue weighted by molar-refractivity contribution is -0.123. The predicted octanol–water partition coefficient (Wildman–Crippen LogP) is 4.94. The Balaban J connectivity index is 1.87. The fraction of sp³-hybridized carbons (Fsp3) is 0.111. The van der Waals surface area contributed by atoms with Crippen LogP contribution in [-0.2, 0) is 11.3 Å². The summed E-state index contributed by atoms with van der Waals surface area (Å²) in [4.78, 5) is 26.2. The van der Waals surface area contributed by atoms with Gasteiger partial charge in [-0.15, -0.1) is 0 Å². The molecule has 134 valence electrons. The minimum Gasteiger partial charge on any atom is -0.503 e. The van der Waals surface area contributed by atoms with Gasteiger partial charge in [-0.2, -0.15) is 0 Å². The van der Waals surface area contributed by atoms with Crippen LogP contribution in [-0.4, -0.2) is 28.3 Å². The Morgan fingerprint density at radius 2 is 2.00 bits per heavy atom. The summed E-state index contributed by atoms with van der Waals surface area (Å²) in [6, 6.07) is 10.0. The molecule has 0 atom stereocenters. The molecule has 1 fully saturated rings. The molecular formula is C18H13Cl2NO4S. The van der Waals surface area contributed by atoms with E-state index >= 15 is 0 Å². The van der Waals surface area contributed by atoms with Crippen molar-refractivity contribution < 1.29 is 19.4 Å². The van der Waals surface area contributed by atoms with Crippen LogP contribution in [0.1, 0.15) is 11.1 Å². The smallest absolute Gasteiger partial charge is 0.293 e. The fourth-order valence-electron chi connectivity index (χ4n) is 2.44. The highest BCUT2D eigenvalue weighted by molar-refractivity contribution is 8.18. The molecule has 26 heavy (non-hydrogen) atoms. The van der Waals surface area contributed by atoms with Crippen LogP contribution in [0.25, 0.3) is 6.08 Å². The average molecular weight is 410 g/mol. The van der Waals surface area contributed by atoms with E-state index in [1.807, 2.05) is 0 Å². The van der Waals surface area contributed by atoms with Gasteiger partial charge in [0.1, 0.15) is 0 Å². The highest BCUT2D eigenvalue weighted by Gasteiger charge is 2.35. The van der Waals surface area contributed by atoms with Gasteiger partial charge in [0.05, 0.1) is 23.6 Å². The highest BCUT2D eigenvalue weighted by Crippen LogP contribution is 2.38. The van der Waals surface area contributed by atoms with Gasteiger partial charge in [-0.25, -0.2) is 0 Å². The third-order valence-electron chi connectivity index (χ3n) is 3.67. The lowest BCUT2D eigenvalue weighted by atomic mass is 10.1. The number of phenols is 1. The number of phenolic OH excluding ortho intramolecular Hbond substituents is 1. The van der Waals surface area contributed by atoms with Crippen LogP contribution in [0.3, 0.4) is 0 Å². The number of carbonyl (C=O) groups excluding carboxylic acids is 2. The highest BCUT2D eigenvalue weighted by atomic mass is 35.5. The van der Waals surface area contributed by atoms with Crippen LogP contribution in [0.15, 0.2) is 41.3 Å². The van der Waals surface area contributed by atoms with Gasteiger partial charge in [-0.3, -0.25) is 14.5 Å². The number of carbonyl (C=O) groups is 2. The molecule has 5 nitrogen and oxygen atoms in total. The maximum absolute atomic E-state index is 12.6. The molecule has 0 spiro atoms. The third-order valence-corrected chi connectivity index (χ3v) is 5.10. The van der Waals surface area contributed by atoms with E-state index in [9.17, 15) is 14.7 Å². The summed E-state index contributed by atoms with van der Waals surface area (Å²) in [6.07, 6.45) is 1.54. The third kappa shape index (κ3) is 3.82. The van der Waals surface area contributed by atoms with Crippen molar-refractivity contribution >= 4 is 52.2 Å². The monoisotopic (exact) mass is 409 g/mol. The van der Waals surface area contributed by atoms with Crippen molar-refractivity contribution in [1.29, 1.82) is 0 Å². The second-order valence-corrected chi connectivity index (χ2v) is 7.29. The standard InChI is InChI=1S/C18H13Cl2NO4S/c1-25-14-7-11(6-13(20)16(14)22)8-15-17(23)21(18(24)26-15)9-10-3-2-4-12(19)5-10/h2-8,22H,9H2,1H3/b15-8-. The molecule has 1 heterocycles. The van der Waals surface area contributed by atoms with Gasteiger partial charge < -0.3 is 9.84 Å². The zero-order valence-electron chi connectivity index (χ0n) is 13.5. The number of methoxy groups -OCH3 is 1. The first-order chi connectivity index (χ1) is 12.4. The number of nitrogens with zero attached hydrogens (tertiary/aromatic N) is 1. The second kappa shape index (κ2) is 7.61. The number of benzene rings is 2. The first-order valence-electron chi connectivity index (χ1n) is 7.45. The molecule has 0 aliphatic carbocycles. The number of halogens is 2. The molecule has 3 rings (SSSR count). The van der Waals surface area contributed by atoms with E-state index < -0.39 is 5.91 Å². The Morgan fingerprint density at radius 1 is 1.23 bits per heavy atom. The van der Waals surface area contributed by atoms with E-state index in [1.165, 1.54) is 25.3 Å². The summed E-state index contributed by atoms with van der Waals surface area (Å²) in [5.74, 6) is -0.398. The molecule has 0 radical (unpaired) electrons. The Labute approximate surface area is 164 Å². The van der Waals surface area contributed by atoms with Gasteiger partial charge in [0.2, 0.25) is 0 Å². The largest absolute Gasteiger partial charge is 0.503 e. The van der Waals surface area contributed by atoms with Crippen molar-refractivity contribution in [3.8, 4) is 11.5 Å². The van der Waals surface area contributed by atoms with E-state index in [-0.39, 0.29) is 33.2 Å². The van der Waals surface area contributed by atoms with Crippen LogP contribution in [0.2, 0.25) is 10.0 Å². The lowest BCUT2D eigenvalue weighted by Gasteiger charge is -2.12. The van der Waals surface area contributed by atoms with Crippen LogP contribution in [0.5, 0.6) is 11.5 Å². The number of thioether (sulfide) groups is 1. The summed E-state index contributed by atoms with van der Waals surface area (Å²) < 4.78 is 5.04. The molecule has 1 N–H and O–H groups in total. The molecule has 0 unspecified atom stereocenters. The first kappa shape index (κ1) is 18.6. The fourth-order valence-corrected chi connectivity index (χ4v) is 3.71. The Bertz CT molecular complexity index is 929. The summed E-state index contributed by atoms with van der Waals surface area (Å²) in [7, 11) is 1.40. The van der Waals surface area contributed by atoms with Crippen molar-refractivity contribution in [2.45, 2.75) is 6.54 Å². The number of aromatic hydroxyl groups is 1. The maximum atomic E-state index is 12.6. The van der Waals surface area contributed by atoms with Crippen molar-refractivity contribution in [3.63, 3.8) is 0 Å². The minimum absolute atomic E-state index is 0.0914. The van der Waals surface area contributed by atoms with Crippen LogP contribution in [0, 0.1) is 0 Å². The molecule has 0 bridgehead atoms. The number of hydrogen-bond acceptors (Lipinski definition) is 5. The van der Waals surface area contributed by atoms with Crippen LogP contribution < -0.4 is 4.74 Å². The van der Waals surface area contributed by atoms with Crippen molar-refractivity contribution in [2.75, 3.05) is 7.11 Å². The molecule has 8 heteroatoms. The summed E-state index contributed by atoms with van der Waals surface area (Å²) in [5, 5.41) is 10.0. The number of ether oxygens (including phenoxy) is 1. The van der Waals surface area contributed by atoms with Gasteiger partial charge in [-0.1, -0.05) is 35.3 Å². The Kier molecular flexibility index (Phi) is 5.46. The van der Waals surface area contributed by atoms with Crippen LogP contribution >= 0.6 is 35.0 Å². The zero-order valence-corrected chi connectivity index (χ0v) is 15.9. The second-order valence-electron chi connectivity index (χ2n) is 5.45. The van der Waals surface area contributed by atoms with E-state index in [0.29, 0.717) is 10.6 Å². The van der Waals surface area contributed by atoms with E-state index in [1.54, 1.807) is 24.3 Å². The minimum atomic E-state index is -0.400. The lowest BCUT2D eigenvalue weighted by Crippen LogP contribution is -2.27. The van der Waals surface area contributed by atoms with Gasteiger partial charge in [-0.05, 0) is 53.2 Å². The molecule has 0 saturated carbocycles. The Hall–Kier alpha value is -2.15.